The number of carbonyl (C=O) groups is 3. The number of ketones is 2. The van der Waals surface area contributed by atoms with E-state index < -0.39 is 0 Å². The van der Waals surface area contributed by atoms with Crippen molar-refractivity contribution >= 4 is 17.5 Å². The molecule has 0 aromatic heterocycles. The minimum absolute atomic E-state index is 0.0130. The molecule has 0 amide bonds. The van der Waals surface area contributed by atoms with Gasteiger partial charge in [-0.2, -0.15) is 0 Å². The third kappa shape index (κ3) is 33.2. The van der Waals surface area contributed by atoms with Gasteiger partial charge in [0, 0.05) is 32.1 Å². The molecule has 0 fully saturated rings. The van der Waals surface area contributed by atoms with Crippen molar-refractivity contribution < 1.29 is 19.1 Å². The SMILES string of the molecule is CCCCCC(=O)CCCCCCCCCCCCCCOC(=O)CCCCCCCCCCCCC(=O)CCC. The Bertz CT molecular complexity index is 585. The van der Waals surface area contributed by atoms with E-state index in [4.69, 9.17) is 4.74 Å². The largest absolute Gasteiger partial charge is 0.466 e. The second-order valence-corrected chi connectivity index (χ2v) is 12.5. The molecule has 41 heavy (non-hydrogen) atoms. The van der Waals surface area contributed by atoms with Crippen LogP contribution in [0.5, 0.6) is 0 Å². The molecule has 0 rings (SSSR count). The van der Waals surface area contributed by atoms with Crippen LogP contribution >= 0.6 is 0 Å². The molecule has 0 spiro atoms. The standard InChI is InChI=1S/C37H70O4/c1-3-5-24-30-36(39)32-26-21-17-12-8-6-7-11-15-19-23-28-34-41-37(40)33-27-22-18-14-10-9-13-16-20-25-31-35(38)29-4-2/h3-34H2,1-2H3. The van der Waals surface area contributed by atoms with Crippen LogP contribution in [0.15, 0.2) is 0 Å². The van der Waals surface area contributed by atoms with Gasteiger partial charge in [0.2, 0.25) is 0 Å². The Hall–Kier alpha value is -1.19. The van der Waals surface area contributed by atoms with E-state index in [-0.39, 0.29) is 5.97 Å². The van der Waals surface area contributed by atoms with Crippen molar-refractivity contribution in [3.8, 4) is 0 Å². The molecule has 0 atom stereocenters. The molecule has 0 saturated heterocycles. The highest BCUT2D eigenvalue weighted by Gasteiger charge is 2.04. The van der Waals surface area contributed by atoms with Crippen LogP contribution in [-0.2, 0) is 19.1 Å². The third-order valence-electron chi connectivity index (χ3n) is 8.29. The molecule has 0 heterocycles. The highest BCUT2D eigenvalue weighted by molar-refractivity contribution is 5.78. The lowest BCUT2D eigenvalue weighted by Gasteiger charge is -2.06. The minimum atomic E-state index is -0.0130. The first-order chi connectivity index (χ1) is 20.1. The molecule has 0 aromatic rings. The maximum atomic E-state index is 11.9. The predicted octanol–water partition coefficient (Wildman–Crippen LogP) is 11.8. The van der Waals surface area contributed by atoms with E-state index in [1.54, 1.807) is 0 Å². The fourth-order valence-corrected chi connectivity index (χ4v) is 5.56. The van der Waals surface area contributed by atoms with Gasteiger partial charge in [-0.15, -0.1) is 0 Å². The van der Waals surface area contributed by atoms with Crippen molar-refractivity contribution in [3.63, 3.8) is 0 Å². The van der Waals surface area contributed by atoms with Gasteiger partial charge < -0.3 is 4.74 Å². The van der Waals surface area contributed by atoms with Crippen LogP contribution in [0, 0.1) is 0 Å². The van der Waals surface area contributed by atoms with Crippen LogP contribution in [0.1, 0.15) is 213 Å². The highest BCUT2D eigenvalue weighted by Crippen LogP contribution is 2.15. The lowest BCUT2D eigenvalue weighted by molar-refractivity contribution is -0.144. The van der Waals surface area contributed by atoms with Crippen LogP contribution in [0.3, 0.4) is 0 Å². The molecule has 4 heteroatoms. The van der Waals surface area contributed by atoms with Gasteiger partial charge in [-0.05, 0) is 38.5 Å². The van der Waals surface area contributed by atoms with E-state index >= 15 is 0 Å². The van der Waals surface area contributed by atoms with Crippen LogP contribution in [0.25, 0.3) is 0 Å². The second-order valence-electron chi connectivity index (χ2n) is 12.5. The number of hydrogen-bond acceptors (Lipinski definition) is 4. The number of rotatable bonds is 34. The normalized spacial score (nSPS) is 11.2. The van der Waals surface area contributed by atoms with Crippen LogP contribution in [0.4, 0.5) is 0 Å². The van der Waals surface area contributed by atoms with E-state index in [0.29, 0.717) is 24.6 Å². The number of esters is 1. The van der Waals surface area contributed by atoms with E-state index in [1.165, 1.54) is 122 Å². The van der Waals surface area contributed by atoms with Crippen molar-refractivity contribution in [3.05, 3.63) is 0 Å². The summed E-state index contributed by atoms with van der Waals surface area (Å²) in [6.45, 7) is 4.85. The molecule has 0 radical (unpaired) electrons. The molecule has 0 N–H and O–H groups in total. The summed E-state index contributed by atoms with van der Waals surface area (Å²) in [5, 5.41) is 0. The molecule has 0 aliphatic heterocycles. The third-order valence-corrected chi connectivity index (χ3v) is 8.29. The lowest BCUT2D eigenvalue weighted by atomic mass is 10.0. The number of hydrogen-bond donors (Lipinski definition) is 0. The van der Waals surface area contributed by atoms with E-state index in [0.717, 1.165) is 70.6 Å². The van der Waals surface area contributed by atoms with Gasteiger partial charge in [-0.25, -0.2) is 0 Å². The first-order valence-corrected chi connectivity index (χ1v) is 18.3. The zero-order valence-corrected chi connectivity index (χ0v) is 27.8. The van der Waals surface area contributed by atoms with Gasteiger partial charge in [-0.3, -0.25) is 14.4 Å². The zero-order chi connectivity index (χ0) is 30.1. The summed E-state index contributed by atoms with van der Waals surface area (Å²) in [6, 6.07) is 0. The Labute approximate surface area is 255 Å². The summed E-state index contributed by atoms with van der Waals surface area (Å²) in [6.07, 6.45) is 35.1. The van der Waals surface area contributed by atoms with Gasteiger partial charge in [0.25, 0.3) is 0 Å². The van der Waals surface area contributed by atoms with Crippen LogP contribution in [0.2, 0.25) is 0 Å². The van der Waals surface area contributed by atoms with Crippen molar-refractivity contribution in [2.75, 3.05) is 6.61 Å². The molecule has 0 aromatic carbocycles. The Kier molecular flexibility index (Phi) is 32.3. The topological polar surface area (TPSA) is 60.4 Å². The molecule has 0 bridgehead atoms. The van der Waals surface area contributed by atoms with Crippen molar-refractivity contribution in [1.29, 1.82) is 0 Å². The highest BCUT2D eigenvalue weighted by atomic mass is 16.5. The van der Waals surface area contributed by atoms with Gasteiger partial charge in [0.1, 0.15) is 11.6 Å². The van der Waals surface area contributed by atoms with E-state index in [2.05, 4.69) is 13.8 Å². The number of Topliss-reactive ketones (excluding diaryl/α,β-unsaturated/α-hetero) is 2. The molecular weight excluding hydrogens is 508 g/mol. The lowest BCUT2D eigenvalue weighted by Crippen LogP contribution is -2.05. The van der Waals surface area contributed by atoms with Gasteiger partial charge >= 0.3 is 5.97 Å². The van der Waals surface area contributed by atoms with Gasteiger partial charge in [0.15, 0.2) is 0 Å². The summed E-state index contributed by atoms with van der Waals surface area (Å²) in [5.74, 6) is 0.896. The molecule has 0 unspecified atom stereocenters. The Morgan fingerprint density at radius 1 is 0.341 bits per heavy atom. The quantitative estimate of drug-likeness (QED) is 0.0563. The smallest absolute Gasteiger partial charge is 0.305 e. The maximum absolute atomic E-state index is 11.9. The number of ether oxygens (including phenoxy) is 1. The monoisotopic (exact) mass is 579 g/mol. The first-order valence-electron chi connectivity index (χ1n) is 18.3. The molecule has 0 aliphatic carbocycles. The Morgan fingerprint density at radius 3 is 1.05 bits per heavy atom. The van der Waals surface area contributed by atoms with Crippen molar-refractivity contribution in [2.24, 2.45) is 0 Å². The van der Waals surface area contributed by atoms with Crippen molar-refractivity contribution in [1.82, 2.24) is 0 Å². The summed E-state index contributed by atoms with van der Waals surface area (Å²) < 4.78 is 5.42. The van der Waals surface area contributed by atoms with E-state index in [9.17, 15) is 14.4 Å². The maximum Gasteiger partial charge on any atom is 0.305 e. The average Bonchev–Trinajstić information content (AvgIpc) is 2.96. The summed E-state index contributed by atoms with van der Waals surface area (Å²) in [5.41, 5.74) is 0. The number of carbonyl (C=O) groups excluding carboxylic acids is 3. The minimum Gasteiger partial charge on any atom is -0.466 e. The molecule has 242 valence electrons. The van der Waals surface area contributed by atoms with Gasteiger partial charge in [-0.1, -0.05) is 142 Å². The first kappa shape index (κ1) is 39.8. The van der Waals surface area contributed by atoms with Crippen LogP contribution in [-0.4, -0.2) is 24.1 Å². The summed E-state index contributed by atoms with van der Waals surface area (Å²) >= 11 is 0. The Morgan fingerprint density at radius 2 is 0.659 bits per heavy atom. The summed E-state index contributed by atoms with van der Waals surface area (Å²) in [4.78, 5) is 35.2. The zero-order valence-electron chi connectivity index (χ0n) is 27.8. The Balaban J connectivity index is 3.22. The van der Waals surface area contributed by atoms with Crippen LogP contribution < -0.4 is 0 Å². The second kappa shape index (κ2) is 33.3. The molecule has 0 saturated carbocycles. The summed E-state index contributed by atoms with van der Waals surface area (Å²) in [7, 11) is 0. The fourth-order valence-electron chi connectivity index (χ4n) is 5.56. The molecule has 0 aliphatic rings. The molecular formula is C37H70O4. The molecule has 4 nitrogen and oxygen atoms in total. The predicted molar refractivity (Wildman–Crippen MR) is 175 cm³/mol. The van der Waals surface area contributed by atoms with Crippen molar-refractivity contribution in [2.45, 2.75) is 213 Å². The number of unbranched alkanes of at least 4 members (excludes halogenated alkanes) is 22. The fraction of sp³-hybridized carbons (Fsp3) is 0.919. The average molecular weight is 579 g/mol. The van der Waals surface area contributed by atoms with Gasteiger partial charge in [0.05, 0.1) is 6.61 Å². The van der Waals surface area contributed by atoms with E-state index in [1.807, 2.05) is 0 Å².